The van der Waals surface area contributed by atoms with Crippen molar-refractivity contribution in [1.82, 2.24) is 0 Å². The highest BCUT2D eigenvalue weighted by molar-refractivity contribution is 5.77. The fraction of sp³-hybridized carbons (Fsp3) is 0.963. The molecule has 9 heteroatoms. The second-order valence-electron chi connectivity index (χ2n) is 12.8. The molecule has 36 heavy (non-hydrogen) atoms. The molecular weight excluding hydrogens is 468 g/mol. The van der Waals surface area contributed by atoms with Crippen LogP contribution in [0.2, 0.25) is 0 Å². The van der Waals surface area contributed by atoms with E-state index >= 15 is 0 Å². The van der Waals surface area contributed by atoms with Gasteiger partial charge in [0, 0.05) is 0 Å². The molecule has 0 radical (unpaired) electrons. The van der Waals surface area contributed by atoms with Gasteiger partial charge in [-0.3, -0.25) is 4.79 Å². The molecule has 3 saturated heterocycles. The third-order valence-corrected chi connectivity index (χ3v) is 8.91. The van der Waals surface area contributed by atoms with Crippen molar-refractivity contribution >= 4 is 5.97 Å². The maximum Gasteiger partial charge on any atom is 0.312 e. The lowest BCUT2D eigenvalue weighted by Crippen LogP contribution is -2.50. The molecule has 0 aromatic rings. The van der Waals surface area contributed by atoms with E-state index in [9.17, 15) is 4.79 Å². The molecule has 4 saturated carbocycles. The average molecular weight is 511 g/mol. The molecule has 7 fully saturated rings. The van der Waals surface area contributed by atoms with Crippen LogP contribution in [0.3, 0.4) is 0 Å². The second kappa shape index (κ2) is 9.14. The number of carbonyl (C=O) groups excluding carboxylic acids is 1. The third-order valence-electron chi connectivity index (χ3n) is 8.91. The first-order valence-electron chi connectivity index (χ1n) is 13.8. The minimum absolute atomic E-state index is 0.0241. The van der Waals surface area contributed by atoms with Crippen molar-refractivity contribution in [2.75, 3.05) is 19.8 Å². The third kappa shape index (κ3) is 4.85. The van der Waals surface area contributed by atoms with E-state index in [2.05, 4.69) is 0 Å². The standard InChI is InChI=1S/C27H42O9/c1-15(29-6-7-30-24(28)27-11-16-8-17(12-27)10-18(9-16)13-27)32-23-22-21(35-26(4,5)36-22)20(33-23)19-14-31-25(2,3)34-19/h15-23H,6-14H2,1-5H3/t15?,16?,17?,18?,19?,20-,21+,22+,23?,27?/m1/s1. The number of fused-ring (bicyclic) bond motifs is 1. The molecule has 4 aliphatic carbocycles. The zero-order valence-corrected chi connectivity index (χ0v) is 22.2. The summed E-state index contributed by atoms with van der Waals surface area (Å²) in [6, 6.07) is 0. The van der Waals surface area contributed by atoms with E-state index in [1.807, 2.05) is 34.6 Å². The Balaban J connectivity index is 0.982. The van der Waals surface area contributed by atoms with E-state index in [0.717, 1.165) is 19.3 Å². The van der Waals surface area contributed by atoms with E-state index in [1.165, 1.54) is 19.3 Å². The summed E-state index contributed by atoms with van der Waals surface area (Å²) in [4.78, 5) is 13.0. The van der Waals surface area contributed by atoms with Crippen LogP contribution in [-0.2, 0) is 42.7 Å². The van der Waals surface area contributed by atoms with Gasteiger partial charge in [0.2, 0.25) is 0 Å². The number of carbonyl (C=O) groups is 1. The Kier molecular flexibility index (Phi) is 6.47. The summed E-state index contributed by atoms with van der Waals surface area (Å²) in [5.74, 6) is 0.707. The average Bonchev–Trinajstić information content (AvgIpc) is 3.40. The van der Waals surface area contributed by atoms with Gasteiger partial charge in [0.15, 0.2) is 24.2 Å². The van der Waals surface area contributed by atoms with Crippen molar-refractivity contribution < 1.29 is 42.7 Å². The van der Waals surface area contributed by atoms with E-state index in [-0.39, 0.29) is 42.9 Å². The summed E-state index contributed by atoms with van der Waals surface area (Å²) >= 11 is 0. The molecule has 0 aromatic heterocycles. The van der Waals surface area contributed by atoms with Crippen LogP contribution in [-0.4, -0.2) is 74.4 Å². The molecule has 0 amide bonds. The van der Waals surface area contributed by atoms with Crippen LogP contribution in [0.5, 0.6) is 0 Å². The molecule has 4 bridgehead atoms. The van der Waals surface area contributed by atoms with E-state index in [4.69, 9.17) is 37.9 Å². The van der Waals surface area contributed by atoms with Gasteiger partial charge < -0.3 is 37.9 Å². The topological polar surface area (TPSA) is 90.9 Å². The van der Waals surface area contributed by atoms with Gasteiger partial charge in [0.1, 0.15) is 31.0 Å². The van der Waals surface area contributed by atoms with Crippen molar-refractivity contribution in [3.05, 3.63) is 0 Å². The quantitative estimate of drug-likeness (QED) is 0.276. The van der Waals surface area contributed by atoms with E-state index in [1.54, 1.807) is 0 Å². The fourth-order valence-electron chi connectivity index (χ4n) is 7.97. The highest BCUT2D eigenvalue weighted by Gasteiger charge is 2.60. The lowest BCUT2D eigenvalue weighted by atomic mass is 9.49. The normalized spacial score (nSPS) is 46.7. The minimum Gasteiger partial charge on any atom is -0.463 e. The molecule has 0 N–H and O–H groups in total. The predicted molar refractivity (Wildman–Crippen MR) is 125 cm³/mol. The van der Waals surface area contributed by atoms with Crippen LogP contribution < -0.4 is 0 Å². The lowest BCUT2D eigenvalue weighted by Gasteiger charge is -2.55. The second-order valence-corrected chi connectivity index (χ2v) is 12.8. The molecule has 0 spiro atoms. The first kappa shape index (κ1) is 25.5. The molecule has 3 unspecified atom stereocenters. The Morgan fingerprint density at radius 2 is 1.50 bits per heavy atom. The molecule has 3 heterocycles. The molecule has 7 aliphatic rings. The zero-order valence-electron chi connectivity index (χ0n) is 22.2. The summed E-state index contributed by atoms with van der Waals surface area (Å²) in [5, 5.41) is 0. The number of rotatable bonds is 8. The highest BCUT2D eigenvalue weighted by atomic mass is 16.8. The molecule has 7 rings (SSSR count). The monoisotopic (exact) mass is 510 g/mol. The van der Waals surface area contributed by atoms with Crippen LogP contribution in [0, 0.1) is 23.2 Å². The van der Waals surface area contributed by atoms with Gasteiger partial charge in [0.05, 0.1) is 18.6 Å². The number of ether oxygens (including phenoxy) is 8. The van der Waals surface area contributed by atoms with Gasteiger partial charge in [-0.15, -0.1) is 0 Å². The van der Waals surface area contributed by atoms with Crippen LogP contribution in [0.1, 0.15) is 73.1 Å². The lowest BCUT2D eigenvalue weighted by molar-refractivity contribution is -0.285. The zero-order chi connectivity index (χ0) is 25.3. The van der Waals surface area contributed by atoms with Gasteiger partial charge >= 0.3 is 5.97 Å². The minimum atomic E-state index is -0.747. The van der Waals surface area contributed by atoms with Crippen molar-refractivity contribution in [3.63, 3.8) is 0 Å². The molecule has 6 atom stereocenters. The summed E-state index contributed by atoms with van der Waals surface area (Å²) in [5.41, 5.74) is -0.244. The highest BCUT2D eigenvalue weighted by Crippen LogP contribution is 2.60. The number of esters is 1. The van der Waals surface area contributed by atoms with Crippen molar-refractivity contribution in [3.8, 4) is 0 Å². The summed E-state index contributed by atoms with van der Waals surface area (Å²) in [6.07, 6.45) is 4.30. The van der Waals surface area contributed by atoms with Gasteiger partial charge in [-0.25, -0.2) is 0 Å². The predicted octanol–water partition coefficient (Wildman–Crippen LogP) is 3.52. The van der Waals surface area contributed by atoms with Gasteiger partial charge in [-0.05, 0) is 90.9 Å². The molecule has 0 aromatic carbocycles. The van der Waals surface area contributed by atoms with E-state index in [0.29, 0.717) is 24.4 Å². The summed E-state index contributed by atoms with van der Waals surface area (Å²) in [7, 11) is 0. The van der Waals surface area contributed by atoms with Gasteiger partial charge in [-0.2, -0.15) is 0 Å². The molecule has 204 valence electrons. The summed E-state index contributed by atoms with van der Waals surface area (Å²) in [6.45, 7) is 10.2. The number of hydrogen-bond donors (Lipinski definition) is 0. The Morgan fingerprint density at radius 1 is 0.861 bits per heavy atom. The molecular formula is C27H42O9. The van der Waals surface area contributed by atoms with Gasteiger partial charge in [0.25, 0.3) is 0 Å². The summed E-state index contributed by atoms with van der Waals surface area (Å²) < 4.78 is 47.9. The number of hydrogen-bond acceptors (Lipinski definition) is 9. The fourth-order valence-corrected chi connectivity index (χ4v) is 7.97. The Hall–Kier alpha value is -0.810. The Bertz CT molecular complexity index is 806. The molecule has 3 aliphatic heterocycles. The van der Waals surface area contributed by atoms with Crippen molar-refractivity contribution in [2.45, 2.75) is 122 Å². The van der Waals surface area contributed by atoms with Gasteiger partial charge in [-0.1, -0.05) is 0 Å². The van der Waals surface area contributed by atoms with Crippen molar-refractivity contribution in [2.24, 2.45) is 23.2 Å². The Labute approximate surface area is 213 Å². The van der Waals surface area contributed by atoms with Crippen molar-refractivity contribution in [1.29, 1.82) is 0 Å². The first-order chi connectivity index (χ1) is 17.0. The first-order valence-corrected chi connectivity index (χ1v) is 13.8. The van der Waals surface area contributed by atoms with E-state index < -0.39 is 30.3 Å². The molecule has 9 nitrogen and oxygen atoms in total. The van der Waals surface area contributed by atoms with Crippen LogP contribution >= 0.6 is 0 Å². The Morgan fingerprint density at radius 3 is 2.11 bits per heavy atom. The maximum atomic E-state index is 13.0. The van der Waals surface area contributed by atoms with Crippen LogP contribution in [0.25, 0.3) is 0 Å². The van der Waals surface area contributed by atoms with Crippen LogP contribution in [0.15, 0.2) is 0 Å². The smallest absolute Gasteiger partial charge is 0.312 e. The van der Waals surface area contributed by atoms with Crippen LogP contribution in [0.4, 0.5) is 0 Å². The largest absolute Gasteiger partial charge is 0.463 e. The SMILES string of the molecule is CC(OCCOC(=O)C12CC3CC(CC(C3)C1)C2)OC1O[C@H](C2COC(C)(C)O2)[C@@H]2OC(C)(C)O[C@H]12. The maximum absolute atomic E-state index is 13.0.